The minimum Gasteiger partial charge on any atom is -0.466 e. The number of carbonyl (C=O) groups is 1. The van der Waals surface area contributed by atoms with Crippen LogP contribution in [-0.2, 0) is 9.53 Å². The number of allylic oxidation sites excluding steroid dienone is 3. The second-order valence-corrected chi connectivity index (χ2v) is 5.92. The maximum Gasteiger partial charge on any atom is 0.330 e. The molecule has 0 bridgehead atoms. The molecular formula is C18H23BrO2. The van der Waals surface area contributed by atoms with Gasteiger partial charge in [0.05, 0.1) is 7.11 Å². The van der Waals surface area contributed by atoms with Gasteiger partial charge in [0, 0.05) is 10.5 Å². The van der Waals surface area contributed by atoms with Crippen molar-refractivity contribution in [2.24, 2.45) is 5.92 Å². The van der Waals surface area contributed by atoms with E-state index in [1.165, 1.54) is 24.3 Å². The number of esters is 1. The normalized spacial score (nSPS) is 14.5. The van der Waals surface area contributed by atoms with E-state index >= 15 is 0 Å². The lowest BCUT2D eigenvalue weighted by molar-refractivity contribution is -0.134. The zero-order chi connectivity index (χ0) is 15.8. The fourth-order valence-corrected chi connectivity index (χ4v) is 2.85. The Hall–Kier alpha value is -1.35. The molecule has 0 aromatic heterocycles. The summed E-state index contributed by atoms with van der Waals surface area (Å²) in [7, 11) is 1.39. The van der Waals surface area contributed by atoms with Gasteiger partial charge in [0.15, 0.2) is 0 Å². The summed E-state index contributed by atoms with van der Waals surface area (Å²) in [6, 6.07) is 6.32. The molecule has 0 unspecified atom stereocenters. The lowest BCUT2D eigenvalue weighted by Gasteiger charge is -2.23. The summed E-state index contributed by atoms with van der Waals surface area (Å²) in [4.78, 5) is 11.3. The molecule has 0 saturated heterocycles. The Morgan fingerprint density at radius 2 is 2.14 bits per heavy atom. The Labute approximate surface area is 136 Å². The summed E-state index contributed by atoms with van der Waals surface area (Å²) < 4.78 is 5.81. The van der Waals surface area contributed by atoms with E-state index in [9.17, 15) is 4.79 Å². The Morgan fingerprint density at radius 3 is 2.76 bits per heavy atom. The highest BCUT2D eigenvalue weighted by atomic mass is 79.9. The van der Waals surface area contributed by atoms with Crippen molar-refractivity contribution in [3.8, 4) is 0 Å². The fraction of sp³-hybridized carbons (Fsp3) is 0.389. The number of ether oxygens (including phenoxy) is 1. The quantitative estimate of drug-likeness (QED) is 0.401. The zero-order valence-corrected chi connectivity index (χ0v) is 14.7. The Kier molecular flexibility index (Phi) is 7.44. The third kappa shape index (κ3) is 5.16. The van der Waals surface area contributed by atoms with Crippen LogP contribution in [0.15, 0.2) is 47.0 Å². The first-order valence-corrected chi connectivity index (χ1v) is 7.92. The number of hydrogen-bond donors (Lipinski definition) is 0. The van der Waals surface area contributed by atoms with E-state index in [0.717, 1.165) is 10.9 Å². The molecule has 0 heterocycles. The van der Waals surface area contributed by atoms with Crippen molar-refractivity contribution in [2.45, 2.75) is 33.1 Å². The molecule has 114 valence electrons. The highest BCUT2D eigenvalue weighted by Crippen LogP contribution is 2.35. The maximum absolute atomic E-state index is 11.3. The van der Waals surface area contributed by atoms with Crippen LogP contribution in [0.5, 0.6) is 0 Å². The van der Waals surface area contributed by atoms with Crippen molar-refractivity contribution in [1.29, 1.82) is 0 Å². The third-order valence-electron chi connectivity index (χ3n) is 3.62. The molecule has 2 nitrogen and oxygen atoms in total. The molecule has 1 aromatic carbocycles. The molecular weight excluding hydrogens is 328 g/mol. The van der Waals surface area contributed by atoms with E-state index in [2.05, 4.69) is 64.9 Å². The molecule has 0 N–H and O–H groups in total. The number of benzene rings is 1. The van der Waals surface area contributed by atoms with E-state index in [1.54, 1.807) is 0 Å². The molecule has 0 radical (unpaired) electrons. The molecule has 0 aliphatic heterocycles. The Bertz CT molecular complexity index is 532. The van der Waals surface area contributed by atoms with Crippen LogP contribution in [0.25, 0.3) is 0 Å². The van der Waals surface area contributed by atoms with Crippen molar-refractivity contribution in [3.05, 3.63) is 58.1 Å². The van der Waals surface area contributed by atoms with E-state index in [4.69, 9.17) is 0 Å². The smallest absolute Gasteiger partial charge is 0.330 e. The molecule has 0 aliphatic rings. The number of aryl methyl sites for hydroxylation is 1. The molecule has 0 amide bonds. The van der Waals surface area contributed by atoms with E-state index in [-0.39, 0.29) is 11.9 Å². The summed E-state index contributed by atoms with van der Waals surface area (Å²) in [6.07, 6.45) is 8.60. The van der Waals surface area contributed by atoms with Gasteiger partial charge < -0.3 is 4.74 Å². The van der Waals surface area contributed by atoms with Gasteiger partial charge in [-0.05, 0) is 43.2 Å². The summed E-state index contributed by atoms with van der Waals surface area (Å²) in [5, 5.41) is 0. The average molecular weight is 351 g/mol. The van der Waals surface area contributed by atoms with Crippen LogP contribution in [0.2, 0.25) is 0 Å². The molecule has 0 spiro atoms. The van der Waals surface area contributed by atoms with Gasteiger partial charge in [0.2, 0.25) is 0 Å². The van der Waals surface area contributed by atoms with Gasteiger partial charge in [0.1, 0.15) is 0 Å². The lowest BCUT2D eigenvalue weighted by atomic mass is 9.83. The molecule has 1 rings (SSSR count). The third-order valence-corrected chi connectivity index (χ3v) is 4.70. The number of rotatable bonds is 6. The Balaban J connectivity index is 3.07. The van der Waals surface area contributed by atoms with Gasteiger partial charge in [-0.1, -0.05) is 59.3 Å². The van der Waals surface area contributed by atoms with E-state index < -0.39 is 0 Å². The van der Waals surface area contributed by atoms with E-state index in [0.29, 0.717) is 5.92 Å². The maximum atomic E-state index is 11.3. The first-order chi connectivity index (χ1) is 10.0. The minimum absolute atomic E-state index is 0.235. The summed E-state index contributed by atoms with van der Waals surface area (Å²) in [5.41, 5.74) is 2.50. The minimum atomic E-state index is -0.310. The molecule has 3 heteroatoms. The van der Waals surface area contributed by atoms with Crippen LogP contribution in [0, 0.1) is 12.8 Å². The van der Waals surface area contributed by atoms with Crippen LogP contribution >= 0.6 is 15.9 Å². The van der Waals surface area contributed by atoms with Crippen molar-refractivity contribution in [3.63, 3.8) is 0 Å². The van der Waals surface area contributed by atoms with Crippen LogP contribution in [0.4, 0.5) is 0 Å². The lowest BCUT2D eigenvalue weighted by Crippen LogP contribution is -2.09. The van der Waals surface area contributed by atoms with Crippen molar-refractivity contribution < 1.29 is 9.53 Å². The Morgan fingerprint density at radius 1 is 1.43 bits per heavy atom. The largest absolute Gasteiger partial charge is 0.466 e. The molecule has 0 fully saturated rings. The summed E-state index contributed by atoms with van der Waals surface area (Å²) in [5.74, 6) is 0.240. The molecule has 0 saturated carbocycles. The van der Waals surface area contributed by atoms with Gasteiger partial charge in [0.25, 0.3) is 0 Å². The highest BCUT2D eigenvalue weighted by molar-refractivity contribution is 9.10. The number of hydrogen-bond acceptors (Lipinski definition) is 2. The SMILES string of the molecule is C/C=C/C[C@H](c1cccc(C)c1Br)[C@H](C)/C=C/C(=O)OC. The zero-order valence-electron chi connectivity index (χ0n) is 13.1. The van der Waals surface area contributed by atoms with Gasteiger partial charge >= 0.3 is 5.97 Å². The van der Waals surface area contributed by atoms with Gasteiger partial charge in [-0.3, -0.25) is 0 Å². The second-order valence-electron chi connectivity index (χ2n) is 5.13. The van der Waals surface area contributed by atoms with Gasteiger partial charge in [-0.25, -0.2) is 4.79 Å². The standard InChI is InChI=1S/C18H23BrO2/c1-5-6-9-15(13(2)11-12-17(20)21-4)16-10-7-8-14(3)18(16)19/h5-8,10-13,15H,9H2,1-4H3/b6-5+,12-11+/t13-,15+/m1/s1. The molecule has 21 heavy (non-hydrogen) atoms. The average Bonchev–Trinajstić information content (AvgIpc) is 2.49. The number of halogens is 1. The first-order valence-electron chi connectivity index (χ1n) is 7.13. The monoisotopic (exact) mass is 350 g/mol. The van der Waals surface area contributed by atoms with Crippen molar-refractivity contribution >= 4 is 21.9 Å². The molecule has 1 aromatic rings. The van der Waals surface area contributed by atoms with Crippen LogP contribution in [0.3, 0.4) is 0 Å². The predicted molar refractivity (Wildman–Crippen MR) is 91.4 cm³/mol. The van der Waals surface area contributed by atoms with Crippen LogP contribution < -0.4 is 0 Å². The van der Waals surface area contributed by atoms with Gasteiger partial charge in [-0.15, -0.1) is 0 Å². The molecule has 2 atom stereocenters. The van der Waals surface area contributed by atoms with Crippen LogP contribution in [0.1, 0.15) is 37.3 Å². The second kappa shape index (κ2) is 8.83. The van der Waals surface area contributed by atoms with E-state index in [1.807, 2.05) is 13.0 Å². The number of carbonyl (C=O) groups excluding carboxylic acids is 1. The summed E-state index contributed by atoms with van der Waals surface area (Å²) >= 11 is 3.69. The fourth-order valence-electron chi connectivity index (χ4n) is 2.30. The van der Waals surface area contributed by atoms with Gasteiger partial charge in [-0.2, -0.15) is 0 Å². The van der Waals surface area contributed by atoms with Crippen molar-refractivity contribution in [1.82, 2.24) is 0 Å². The number of methoxy groups -OCH3 is 1. The topological polar surface area (TPSA) is 26.3 Å². The molecule has 0 aliphatic carbocycles. The van der Waals surface area contributed by atoms with Crippen molar-refractivity contribution in [2.75, 3.05) is 7.11 Å². The summed E-state index contributed by atoms with van der Waals surface area (Å²) in [6.45, 7) is 6.24. The highest BCUT2D eigenvalue weighted by Gasteiger charge is 2.19. The first kappa shape index (κ1) is 17.7. The van der Waals surface area contributed by atoms with Crippen LogP contribution in [-0.4, -0.2) is 13.1 Å². The predicted octanol–water partition coefficient (Wildman–Crippen LogP) is 5.17.